The smallest absolute Gasteiger partial charge is 0.309 e. The van der Waals surface area contributed by atoms with E-state index in [0.717, 1.165) is 66.6 Å². The summed E-state index contributed by atoms with van der Waals surface area (Å²) < 4.78 is 0. The molecule has 0 bridgehead atoms. The molecule has 67 heavy (non-hydrogen) atoms. The molecule has 2 fully saturated rings. The lowest BCUT2D eigenvalue weighted by atomic mass is 9.69. The van der Waals surface area contributed by atoms with Crippen molar-refractivity contribution in [3.05, 3.63) is 106 Å². The monoisotopic (exact) mass is 917 g/mol. The molecule has 0 amide bonds. The minimum atomic E-state index is -1.17. The predicted octanol–water partition coefficient (Wildman–Crippen LogP) is 10.7. The normalized spacial score (nSPS) is 27.9. The molecule has 0 spiro atoms. The van der Waals surface area contributed by atoms with Gasteiger partial charge in [0.15, 0.2) is 0 Å². The van der Waals surface area contributed by atoms with Crippen molar-refractivity contribution in [2.75, 3.05) is 5.73 Å². The van der Waals surface area contributed by atoms with E-state index in [4.69, 9.17) is 5.73 Å². The molecule has 10 heteroatoms. The molecule has 10 atom stereocenters. The first-order chi connectivity index (χ1) is 32.2. The Balaban J connectivity index is 1.20. The van der Waals surface area contributed by atoms with E-state index in [9.17, 15) is 35.4 Å². The van der Waals surface area contributed by atoms with Crippen molar-refractivity contribution >= 4 is 11.8 Å². The highest BCUT2D eigenvalue weighted by atomic mass is 16.4. The maximum atomic E-state index is 13.8. The highest BCUT2D eigenvalue weighted by molar-refractivity contribution is 5.73. The van der Waals surface area contributed by atoms with Crippen LogP contribution in [0, 0.1) is 35.5 Å². The Kier molecular flexibility index (Phi) is 17.0. The van der Waals surface area contributed by atoms with Gasteiger partial charge < -0.3 is 41.4 Å². The van der Waals surface area contributed by atoms with Crippen molar-refractivity contribution in [1.82, 2.24) is 9.97 Å². The number of phenols is 1. The van der Waals surface area contributed by atoms with Crippen LogP contribution < -0.4 is 10.8 Å². The topological polar surface area (TPSA) is 196 Å². The molecule has 8 N–H and O–H groups in total. The number of aryl methyl sites for hydroxylation is 1. The molecular formula is C57H78N3O7-. The van der Waals surface area contributed by atoms with Crippen LogP contribution in [0.15, 0.2) is 72.9 Å². The number of fused-ring (bicyclic) bond motifs is 1. The van der Waals surface area contributed by atoms with Crippen molar-refractivity contribution in [3.8, 4) is 22.8 Å². The van der Waals surface area contributed by atoms with E-state index in [-0.39, 0.29) is 60.0 Å². The number of aromatic amines is 1. The summed E-state index contributed by atoms with van der Waals surface area (Å²) in [6.45, 7) is 8.60. The average Bonchev–Trinajstić information content (AvgIpc) is 3.86. The summed E-state index contributed by atoms with van der Waals surface area (Å²) in [5.74, 6) is -1.53. The Bertz CT molecular complexity index is 2270. The lowest BCUT2D eigenvalue weighted by molar-refractivity contribution is -0.269. The third-order valence-corrected chi connectivity index (χ3v) is 16.1. The van der Waals surface area contributed by atoms with Crippen molar-refractivity contribution < 1.29 is 35.4 Å². The van der Waals surface area contributed by atoms with Gasteiger partial charge in [0.1, 0.15) is 11.6 Å². The Morgan fingerprint density at radius 1 is 0.910 bits per heavy atom. The second-order valence-electron chi connectivity index (χ2n) is 21.1. The number of H-pyrrole nitrogens is 1. The van der Waals surface area contributed by atoms with E-state index < -0.39 is 23.6 Å². The van der Waals surface area contributed by atoms with Crippen LogP contribution >= 0.6 is 0 Å². The fourth-order valence-corrected chi connectivity index (χ4v) is 12.4. The van der Waals surface area contributed by atoms with E-state index in [2.05, 4.69) is 80.1 Å². The number of unbranched alkanes of at least 4 members (excludes halogenated alkanes) is 3. The summed E-state index contributed by atoms with van der Waals surface area (Å²) in [6.07, 6.45) is 18.0. The summed E-state index contributed by atoms with van der Waals surface area (Å²) >= 11 is 0. The van der Waals surface area contributed by atoms with Gasteiger partial charge in [-0.3, -0.25) is 4.79 Å². The largest absolute Gasteiger partial charge is 0.872 e. The van der Waals surface area contributed by atoms with Crippen LogP contribution in [0.3, 0.4) is 0 Å². The van der Waals surface area contributed by atoms with E-state index in [1.807, 2.05) is 12.1 Å². The van der Waals surface area contributed by atoms with Crippen LogP contribution in [0.25, 0.3) is 11.3 Å². The second kappa shape index (κ2) is 22.6. The van der Waals surface area contributed by atoms with Gasteiger partial charge in [0.05, 0.1) is 23.7 Å². The van der Waals surface area contributed by atoms with Crippen LogP contribution in [-0.4, -0.2) is 59.3 Å². The summed E-state index contributed by atoms with van der Waals surface area (Å²) in [5.41, 5.74) is 12.2. The zero-order valence-corrected chi connectivity index (χ0v) is 40.5. The standard InChI is InChI=1S/C57H79N3O7/c1-5-7-8-11-36-16-19-42(51(63)29-36)12-9-10-13-43-20-21-45(48-28-39(26-38-23-25-59-53(58)30-38)34-57(48,67)24-22-50(62)54(43)56(65)66)49-31-40(6-2)55(60-49)47-32-44(61)33-52(64)46(47)27-37-14-17-41(18-15-37)35(3)4/h14-19,23,25,30-33,35-36,39,42-43,45,48,50-51,54,60-64,67H,5-13,20-22,24,26-29,34H2,1-4H3,(H2,58,59)(H,65,66)/p-1. The van der Waals surface area contributed by atoms with E-state index in [0.29, 0.717) is 73.7 Å². The molecular weight excluding hydrogens is 839 g/mol. The highest BCUT2D eigenvalue weighted by Gasteiger charge is 2.51. The number of rotatable bonds is 18. The zero-order chi connectivity index (χ0) is 47.8. The third-order valence-electron chi connectivity index (χ3n) is 16.1. The summed E-state index contributed by atoms with van der Waals surface area (Å²) in [7, 11) is 0. The number of carboxylic acids is 1. The van der Waals surface area contributed by atoms with Gasteiger partial charge in [0, 0.05) is 35.0 Å². The van der Waals surface area contributed by atoms with E-state index in [1.165, 1.54) is 30.9 Å². The number of pyridine rings is 1. The molecule has 3 aliphatic carbocycles. The van der Waals surface area contributed by atoms with E-state index in [1.54, 1.807) is 12.3 Å². The highest BCUT2D eigenvalue weighted by Crippen LogP contribution is 2.54. The van der Waals surface area contributed by atoms with Gasteiger partial charge in [-0.25, -0.2) is 4.98 Å². The number of hydrogen-bond donors (Lipinski definition) is 7. The number of carboxylic acid groups (broad SMARTS) is 1. The number of nitrogens with one attached hydrogen (secondary N) is 1. The number of nitrogens with two attached hydrogens (primary N) is 1. The van der Waals surface area contributed by atoms with Crippen molar-refractivity contribution in [3.63, 3.8) is 0 Å². The number of aromatic nitrogens is 2. The third kappa shape index (κ3) is 12.3. The first-order valence-corrected chi connectivity index (χ1v) is 25.7. The molecule has 2 aromatic heterocycles. The Hall–Kier alpha value is -4.64. The first-order valence-electron chi connectivity index (χ1n) is 25.7. The Labute approximate surface area is 399 Å². The molecule has 2 aromatic carbocycles. The number of aliphatic hydroxyl groups excluding tert-OH is 2. The molecule has 4 aromatic rings. The van der Waals surface area contributed by atoms with Crippen LogP contribution in [0.4, 0.5) is 5.82 Å². The van der Waals surface area contributed by atoms with Gasteiger partial charge in [0.2, 0.25) is 0 Å². The fraction of sp³-hybridized carbons (Fsp3) is 0.579. The molecule has 0 radical (unpaired) electrons. The number of hydrogen-bond acceptors (Lipinski definition) is 8. The van der Waals surface area contributed by atoms with Crippen LogP contribution in [0.2, 0.25) is 0 Å². The number of aliphatic hydroxyl groups is 3. The van der Waals surface area contributed by atoms with Gasteiger partial charge in [-0.05, 0) is 171 Å². The number of nitrogen functional groups attached to an aromatic ring is 1. The average molecular weight is 917 g/mol. The van der Waals surface area contributed by atoms with Crippen LogP contribution in [0.1, 0.15) is 169 Å². The summed E-state index contributed by atoms with van der Waals surface area (Å²) in [5, 5.41) is 71.3. The molecule has 10 unspecified atom stereocenters. The van der Waals surface area contributed by atoms with Crippen LogP contribution in [0.5, 0.6) is 11.5 Å². The summed E-state index contributed by atoms with van der Waals surface area (Å²) in [4.78, 5) is 21.2. The maximum absolute atomic E-state index is 13.8. The number of benzene rings is 2. The van der Waals surface area contributed by atoms with Gasteiger partial charge >= 0.3 is 5.97 Å². The van der Waals surface area contributed by atoms with Crippen LogP contribution in [-0.2, 0) is 24.1 Å². The second-order valence-corrected chi connectivity index (χ2v) is 21.1. The molecule has 3 aliphatic rings. The number of anilines is 1. The van der Waals surface area contributed by atoms with Gasteiger partial charge in [-0.15, -0.1) is 5.75 Å². The lowest BCUT2D eigenvalue weighted by Gasteiger charge is -2.40. The molecule has 0 saturated heterocycles. The minimum absolute atomic E-state index is 0.0951. The molecule has 7 rings (SSSR count). The number of carbonyl (C=O) groups is 1. The Morgan fingerprint density at radius 2 is 1.67 bits per heavy atom. The van der Waals surface area contributed by atoms with Gasteiger partial charge in [-0.1, -0.05) is 96.2 Å². The van der Waals surface area contributed by atoms with Crippen molar-refractivity contribution in [2.24, 2.45) is 35.5 Å². The fourth-order valence-electron chi connectivity index (χ4n) is 12.4. The minimum Gasteiger partial charge on any atom is -0.872 e. The molecule has 364 valence electrons. The van der Waals surface area contributed by atoms with Crippen molar-refractivity contribution in [1.29, 1.82) is 0 Å². The summed E-state index contributed by atoms with van der Waals surface area (Å²) in [6, 6.07) is 17.4. The molecule has 2 saturated carbocycles. The first kappa shape index (κ1) is 50.2. The molecule has 0 aliphatic heterocycles. The SMILES string of the molecule is CCCCCC1C=CC(CCCCC2CCC(c3cc(CC)c(-c4cc(O)cc([O-])c4Cc4ccc(C(C)C)cc4)[nH]3)C3CC(Cc4ccnc(N)c4)CC3(O)CCC(O)C2C(=O)O)C(O)C1. The number of phenolic OH excluding ortho intramolecular Hbond substituents is 1. The number of aliphatic carboxylic acids is 1. The molecule has 10 nitrogen and oxygen atoms in total. The maximum Gasteiger partial charge on any atom is 0.309 e. The van der Waals surface area contributed by atoms with Crippen molar-refractivity contribution in [2.45, 2.75) is 173 Å². The van der Waals surface area contributed by atoms with E-state index >= 15 is 0 Å². The molecule has 2 heterocycles. The quantitative estimate of drug-likeness (QED) is 0.0375. The number of nitrogens with zero attached hydrogens (tertiary/aromatic N) is 1. The van der Waals surface area contributed by atoms with Gasteiger partial charge in [0.25, 0.3) is 0 Å². The number of aromatic hydroxyl groups is 1. The van der Waals surface area contributed by atoms with Gasteiger partial charge in [-0.2, -0.15) is 0 Å². The zero-order valence-electron chi connectivity index (χ0n) is 40.5. The predicted molar refractivity (Wildman–Crippen MR) is 265 cm³/mol. The Morgan fingerprint density at radius 3 is 2.37 bits per heavy atom. The number of allylic oxidation sites excluding steroid dienone is 1. The lowest BCUT2D eigenvalue weighted by Crippen LogP contribution is -2.42.